The largest absolute Gasteiger partial charge is 0.481 e. The van der Waals surface area contributed by atoms with Gasteiger partial charge in [0.15, 0.2) is 0 Å². The number of halogens is 1. The fourth-order valence-corrected chi connectivity index (χ4v) is 3.26. The normalized spacial score (nSPS) is 13.4. The molecule has 2 heterocycles. The van der Waals surface area contributed by atoms with E-state index in [1.54, 1.807) is 25.3 Å². The van der Waals surface area contributed by atoms with E-state index in [0.717, 1.165) is 0 Å². The van der Waals surface area contributed by atoms with Gasteiger partial charge in [0.2, 0.25) is 11.9 Å². The fraction of sp³-hybridized carbons (Fsp3) is 0.364. The van der Waals surface area contributed by atoms with Crippen LogP contribution in [0.5, 0.6) is 0 Å². The van der Waals surface area contributed by atoms with E-state index in [9.17, 15) is 19.4 Å². The van der Waals surface area contributed by atoms with E-state index in [0.29, 0.717) is 28.5 Å². The zero-order valence-electron chi connectivity index (χ0n) is 18.9. The number of hydrogen-bond donors (Lipinski definition) is 4. The average molecular weight is 471 g/mol. The Balaban J connectivity index is 2.04. The minimum absolute atomic E-state index is 0.0604. The van der Waals surface area contributed by atoms with Crippen LogP contribution < -0.4 is 5.32 Å². The Morgan fingerprint density at radius 3 is 2.50 bits per heavy atom. The summed E-state index contributed by atoms with van der Waals surface area (Å²) in [5.74, 6) is -1.06. The molecule has 2 atom stereocenters. The minimum atomic E-state index is -1.19. The van der Waals surface area contributed by atoms with Crippen LogP contribution in [-0.2, 0) is 11.8 Å². The monoisotopic (exact) mass is 471 g/mol. The van der Waals surface area contributed by atoms with Crippen LogP contribution in [-0.4, -0.2) is 63.7 Å². The summed E-state index contributed by atoms with van der Waals surface area (Å²) < 4.78 is 15.0. The molecule has 0 bridgehead atoms. The molecule has 0 unspecified atom stereocenters. The molecule has 3 aromatic rings. The number of aliphatic carboxylic acids is 1. The maximum atomic E-state index is 13.6. The first-order chi connectivity index (χ1) is 16.1. The minimum Gasteiger partial charge on any atom is -0.481 e. The number of tetrazole rings is 1. The van der Waals surface area contributed by atoms with Crippen molar-refractivity contribution >= 4 is 23.9 Å². The van der Waals surface area contributed by atoms with Crippen molar-refractivity contribution in [1.82, 2.24) is 30.2 Å². The highest BCUT2D eigenvalue weighted by Gasteiger charge is 2.19. The van der Waals surface area contributed by atoms with Gasteiger partial charge in [-0.15, -0.1) is 0 Å². The van der Waals surface area contributed by atoms with Crippen molar-refractivity contribution < 1.29 is 24.5 Å². The van der Waals surface area contributed by atoms with E-state index < -0.39 is 30.4 Å². The molecule has 11 nitrogen and oxygen atoms in total. The zero-order valence-corrected chi connectivity index (χ0v) is 18.9. The molecule has 34 heavy (non-hydrogen) atoms. The van der Waals surface area contributed by atoms with Gasteiger partial charge in [-0.05, 0) is 40.6 Å². The molecule has 180 valence electrons. The van der Waals surface area contributed by atoms with E-state index in [1.165, 1.54) is 22.9 Å². The highest BCUT2D eigenvalue weighted by Crippen LogP contribution is 2.31. The van der Waals surface area contributed by atoms with Crippen LogP contribution in [0.3, 0.4) is 0 Å². The lowest BCUT2D eigenvalue weighted by Gasteiger charge is -2.17. The van der Waals surface area contributed by atoms with Gasteiger partial charge in [0.05, 0.1) is 30.0 Å². The third-order valence-electron chi connectivity index (χ3n) is 4.89. The average Bonchev–Trinajstić information content (AvgIpc) is 3.16. The number of aromatic nitrogens is 6. The van der Waals surface area contributed by atoms with Crippen LogP contribution in [0.2, 0.25) is 0 Å². The van der Waals surface area contributed by atoms with E-state index in [2.05, 4.69) is 30.8 Å². The third-order valence-corrected chi connectivity index (χ3v) is 4.89. The summed E-state index contributed by atoms with van der Waals surface area (Å²) in [5, 5.41) is 43.1. The standard InChI is InChI=1S/C22H26FN7O4/c1-12(2)19-17(9-8-15(31)10-16(32)11-18(33)34)20(13-4-6-14(23)7-5-13)25-21(24-19)26-22-27-28-29-30(22)3/h4-9,12,15-16,31-32H,10-11H2,1-3H3,(H,33,34)(H,24,25,26,27,29)/t15-,16-/m1/s1. The van der Waals surface area contributed by atoms with Crippen molar-refractivity contribution in [2.24, 2.45) is 7.05 Å². The number of aryl methyl sites for hydroxylation is 1. The van der Waals surface area contributed by atoms with Gasteiger partial charge in [0.25, 0.3) is 0 Å². The molecule has 0 spiro atoms. The van der Waals surface area contributed by atoms with Gasteiger partial charge in [0, 0.05) is 24.6 Å². The summed E-state index contributed by atoms with van der Waals surface area (Å²) in [7, 11) is 1.66. The maximum Gasteiger partial charge on any atom is 0.305 e. The summed E-state index contributed by atoms with van der Waals surface area (Å²) in [6.45, 7) is 3.88. The molecule has 12 heteroatoms. The second kappa shape index (κ2) is 10.9. The SMILES string of the molecule is CC(C)c1nc(Nc2nnnn2C)nc(-c2ccc(F)cc2)c1C=C[C@@H](O)C[C@@H](O)CC(=O)O. The van der Waals surface area contributed by atoms with Crippen molar-refractivity contribution in [2.75, 3.05) is 5.32 Å². The third kappa shape index (κ3) is 6.39. The second-order valence-corrected chi connectivity index (χ2v) is 8.02. The number of benzene rings is 1. The molecule has 0 aliphatic carbocycles. The van der Waals surface area contributed by atoms with E-state index >= 15 is 0 Å². The molecule has 4 N–H and O–H groups in total. The number of nitrogens with zero attached hydrogens (tertiary/aromatic N) is 6. The van der Waals surface area contributed by atoms with Crippen molar-refractivity contribution in [2.45, 2.75) is 44.8 Å². The summed E-state index contributed by atoms with van der Waals surface area (Å²) in [6.07, 6.45) is 0.163. The Morgan fingerprint density at radius 1 is 1.21 bits per heavy atom. The van der Waals surface area contributed by atoms with Gasteiger partial charge in [-0.1, -0.05) is 31.1 Å². The maximum absolute atomic E-state index is 13.6. The molecule has 2 aromatic heterocycles. The molecule has 0 amide bonds. The molecule has 0 saturated heterocycles. The number of rotatable bonds is 10. The Labute approximate surface area is 195 Å². The Hall–Kier alpha value is -3.77. The van der Waals surface area contributed by atoms with Crippen molar-refractivity contribution in [3.05, 3.63) is 47.4 Å². The number of hydrogen-bond acceptors (Lipinski definition) is 9. The molecule has 0 fully saturated rings. The highest BCUT2D eigenvalue weighted by molar-refractivity contribution is 5.75. The zero-order chi connectivity index (χ0) is 24.8. The number of anilines is 2. The summed E-state index contributed by atoms with van der Waals surface area (Å²) in [6, 6.07) is 5.80. The van der Waals surface area contributed by atoms with E-state index in [-0.39, 0.29) is 18.3 Å². The van der Waals surface area contributed by atoms with Crippen LogP contribution in [0.1, 0.15) is 43.9 Å². The number of nitrogens with one attached hydrogen (secondary N) is 1. The lowest BCUT2D eigenvalue weighted by molar-refractivity contribution is -0.139. The first-order valence-corrected chi connectivity index (χ1v) is 10.6. The molecule has 3 rings (SSSR count). The second-order valence-electron chi connectivity index (χ2n) is 8.02. The lowest BCUT2D eigenvalue weighted by Crippen LogP contribution is -2.19. The predicted octanol–water partition coefficient (Wildman–Crippen LogP) is 2.27. The fourth-order valence-electron chi connectivity index (χ4n) is 3.26. The van der Waals surface area contributed by atoms with Crippen LogP contribution in [0.4, 0.5) is 16.3 Å². The quantitative estimate of drug-likeness (QED) is 0.345. The summed E-state index contributed by atoms with van der Waals surface area (Å²) >= 11 is 0. The van der Waals surface area contributed by atoms with Crippen LogP contribution in [0, 0.1) is 5.82 Å². The molecule has 0 saturated carbocycles. The number of aliphatic hydroxyl groups is 2. The van der Waals surface area contributed by atoms with Crippen molar-refractivity contribution in [1.29, 1.82) is 0 Å². The predicted molar refractivity (Wildman–Crippen MR) is 122 cm³/mol. The topological polar surface area (TPSA) is 159 Å². The molecular weight excluding hydrogens is 445 g/mol. The molecule has 0 aliphatic rings. The van der Waals surface area contributed by atoms with E-state index in [1.807, 2.05) is 13.8 Å². The van der Waals surface area contributed by atoms with Gasteiger partial charge in [-0.2, -0.15) is 0 Å². The number of carboxylic acid groups (broad SMARTS) is 1. The number of aliphatic hydroxyl groups excluding tert-OH is 2. The number of carbonyl (C=O) groups is 1. The van der Waals surface area contributed by atoms with Crippen LogP contribution in [0.15, 0.2) is 30.3 Å². The summed E-state index contributed by atoms with van der Waals surface area (Å²) in [5.41, 5.74) is 2.33. The van der Waals surface area contributed by atoms with Gasteiger partial charge in [0.1, 0.15) is 5.82 Å². The molecular formula is C22H26FN7O4. The van der Waals surface area contributed by atoms with Gasteiger partial charge in [-0.25, -0.2) is 19.0 Å². The number of carboxylic acids is 1. The van der Waals surface area contributed by atoms with Gasteiger partial charge in [-0.3, -0.25) is 10.1 Å². The van der Waals surface area contributed by atoms with Crippen LogP contribution in [0.25, 0.3) is 17.3 Å². The smallest absolute Gasteiger partial charge is 0.305 e. The highest BCUT2D eigenvalue weighted by atomic mass is 19.1. The Morgan fingerprint density at radius 2 is 1.91 bits per heavy atom. The molecule has 0 radical (unpaired) electrons. The van der Waals surface area contributed by atoms with Gasteiger partial charge < -0.3 is 15.3 Å². The van der Waals surface area contributed by atoms with Crippen molar-refractivity contribution in [3.8, 4) is 11.3 Å². The molecule has 0 aliphatic heterocycles. The van der Waals surface area contributed by atoms with Crippen molar-refractivity contribution in [3.63, 3.8) is 0 Å². The van der Waals surface area contributed by atoms with E-state index in [4.69, 9.17) is 5.11 Å². The Kier molecular flexibility index (Phi) is 7.97. The van der Waals surface area contributed by atoms with Gasteiger partial charge >= 0.3 is 5.97 Å². The van der Waals surface area contributed by atoms with Crippen LogP contribution >= 0.6 is 0 Å². The Bertz CT molecular complexity index is 1160. The first kappa shape index (κ1) is 24.9. The first-order valence-electron chi connectivity index (χ1n) is 10.6. The summed E-state index contributed by atoms with van der Waals surface area (Å²) in [4.78, 5) is 20.0. The molecule has 1 aromatic carbocycles. The lowest BCUT2D eigenvalue weighted by atomic mass is 9.97.